The number of carbonyl (C=O) groups excluding carboxylic acids is 1. The first-order chi connectivity index (χ1) is 14.4. The third-order valence-electron chi connectivity index (χ3n) is 5.15. The summed E-state index contributed by atoms with van der Waals surface area (Å²) in [6, 6.07) is 14.4. The minimum Gasteiger partial charge on any atom is -0.497 e. The molecule has 0 spiro atoms. The van der Waals surface area contributed by atoms with E-state index in [4.69, 9.17) is 9.47 Å². The summed E-state index contributed by atoms with van der Waals surface area (Å²) >= 11 is 1.37. The van der Waals surface area contributed by atoms with Gasteiger partial charge < -0.3 is 14.4 Å². The second kappa shape index (κ2) is 8.31. The standard InChI is InChI=1S/C21H22N2O5S2/c1-27-16-7-3-14(4-8-16)11-20(24)22-21-23(15-5-9-17(28-2)10-6-15)18-12-30(25,26)13-19(18)29-21/h3-10,18-19H,11-13H2,1-2H3/t18-,19-/m0/s1. The number of benzene rings is 2. The zero-order valence-corrected chi connectivity index (χ0v) is 18.3. The van der Waals surface area contributed by atoms with Gasteiger partial charge in [-0.05, 0) is 42.0 Å². The molecular formula is C21H22N2O5S2. The Balaban J connectivity index is 1.60. The van der Waals surface area contributed by atoms with Gasteiger partial charge in [-0.1, -0.05) is 23.9 Å². The van der Waals surface area contributed by atoms with E-state index in [9.17, 15) is 13.2 Å². The van der Waals surface area contributed by atoms with Crippen molar-refractivity contribution in [1.29, 1.82) is 0 Å². The van der Waals surface area contributed by atoms with E-state index in [-0.39, 0.29) is 35.1 Å². The molecule has 2 aliphatic heterocycles. The van der Waals surface area contributed by atoms with Crippen molar-refractivity contribution in [3.63, 3.8) is 0 Å². The van der Waals surface area contributed by atoms with Crippen LogP contribution in [0, 0.1) is 0 Å². The third kappa shape index (κ3) is 4.32. The van der Waals surface area contributed by atoms with Gasteiger partial charge in [0.05, 0.1) is 38.2 Å². The Morgan fingerprint density at radius 3 is 2.23 bits per heavy atom. The van der Waals surface area contributed by atoms with Crippen LogP contribution in [-0.4, -0.2) is 56.5 Å². The number of carbonyl (C=O) groups is 1. The lowest BCUT2D eigenvalue weighted by Crippen LogP contribution is -2.37. The van der Waals surface area contributed by atoms with Gasteiger partial charge in [0.25, 0.3) is 5.91 Å². The highest BCUT2D eigenvalue weighted by atomic mass is 32.2. The summed E-state index contributed by atoms with van der Waals surface area (Å²) in [6.45, 7) is 0. The van der Waals surface area contributed by atoms with E-state index in [1.165, 1.54) is 11.8 Å². The number of thioether (sulfide) groups is 1. The van der Waals surface area contributed by atoms with Crippen LogP contribution in [-0.2, 0) is 21.1 Å². The zero-order chi connectivity index (χ0) is 21.3. The van der Waals surface area contributed by atoms with Crippen LogP contribution in [0.3, 0.4) is 0 Å². The molecule has 9 heteroatoms. The van der Waals surface area contributed by atoms with Gasteiger partial charge in [0, 0.05) is 10.9 Å². The molecule has 0 unspecified atom stereocenters. The fourth-order valence-electron chi connectivity index (χ4n) is 3.67. The predicted octanol–water partition coefficient (Wildman–Crippen LogP) is 2.55. The predicted molar refractivity (Wildman–Crippen MR) is 118 cm³/mol. The molecule has 2 atom stereocenters. The van der Waals surface area contributed by atoms with Crippen LogP contribution < -0.4 is 14.4 Å². The summed E-state index contributed by atoms with van der Waals surface area (Å²) in [5, 5.41) is 0.410. The Labute approximate surface area is 180 Å². The Hall–Kier alpha value is -2.52. The van der Waals surface area contributed by atoms with E-state index in [2.05, 4.69) is 4.99 Å². The second-order valence-electron chi connectivity index (χ2n) is 7.18. The molecule has 0 radical (unpaired) electrons. The first-order valence-corrected chi connectivity index (χ1v) is 12.1. The fourth-order valence-corrected chi connectivity index (χ4v) is 7.60. The maximum atomic E-state index is 12.7. The van der Waals surface area contributed by atoms with Crippen LogP contribution in [0.1, 0.15) is 5.56 Å². The Morgan fingerprint density at radius 1 is 1.03 bits per heavy atom. The SMILES string of the molecule is COc1ccc(CC(=O)N=C2S[C@H]3CS(=O)(=O)C[C@@H]3N2c2ccc(OC)cc2)cc1. The van der Waals surface area contributed by atoms with E-state index < -0.39 is 9.84 Å². The second-order valence-corrected chi connectivity index (χ2v) is 10.5. The van der Waals surface area contributed by atoms with Crippen molar-refractivity contribution in [3.05, 3.63) is 54.1 Å². The number of methoxy groups -OCH3 is 2. The first-order valence-electron chi connectivity index (χ1n) is 9.43. The minimum absolute atomic E-state index is 0.0579. The molecule has 30 heavy (non-hydrogen) atoms. The summed E-state index contributed by atoms with van der Waals surface area (Å²) in [5.74, 6) is 1.31. The van der Waals surface area contributed by atoms with Crippen molar-refractivity contribution in [3.8, 4) is 11.5 Å². The van der Waals surface area contributed by atoms with Gasteiger partial charge in [-0.3, -0.25) is 4.79 Å². The number of anilines is 1. The van der Waals surface area contributed by atoms with Gasteiger partial charge in [-0.2, -0.15) is 4.99 Å². The maximum absolute atomic E-state index is 12.7. The molecule has 2 fully saturated rings. The van der Waals surface area contributed by atoms with Gasteiger partial charge in [0.2, 0.25) is 0 Å². The van der Waals surface area contributed by atoms with Crippen molar-refractivity contribution < 1.29 is 22.7 Å². The number of nitrogens with zero attached hydrogens (tertiary/aromatic N) is 2. The number of amides is 1. The highest BCUT2D eigenvalue weighted by Crippen LogP contribution is 2.41. The zero-order valence-electron chi connectivity index (χ0n) is 16.6. The molecule has 4 rings (SSSR count). The highest BCUT2D eigenvalue weighted by molar-refractivity contribution is 8.16. The normalized spacial score (nSPS) is 23.4. The van der Waals surface area contributed by atoms with Crippen LogP contribution in [0.4, 0.5) is 5.69 Å². The summed E-state index contributed by atoms with van der Waals surface area (Å²) in [4.78, 5) is 18.9. The summed E-state index contributed by atoms with van der Waals surface area (Å²) in [5.41, 5.74) is 1.64. The van der Waals surface area contributed by atoms with Gasteiger partial charge in [-0.15, -0.1) is 0 Å². The molecular weight excluding hydrogens is 424 g/mol. The Bertz CT molecular complexity index is 1070. The number of fused-ring (bicyclic) bond motifs is 1. The van der Waals surface area contributed by atoms with E-state index in [0.717, 1.165) is 17.0 Å². The third-order valence-corrected chi connectivity index (χ3v) is 8.36. The molecule has 2 aromatic rings. The maximum Gasteiger partial charge on any atom is 0.252 e. The van der Waals surface area contributed by atoms with Crippen LogP contribution >= 0.6 is 11.8 Å². The van der Waals surface area contributed by atoms with Gasteiger partial charge in [0.15, 0.2) is 15.0 Å². The number of rotatable bonds is 5. The Kier molecular flexibility index (Phi) is 5.75. The molecule has 2 heterocycles. The number of aliphatic imine (C=N–C) groups is 1. The van der Waals surface area contributed by atoms with Crippen LogP contribution in [0.15, 0.2) is 53.5 Å². The van der Waals surface area contributed by atoms with Crippen LogP contribution in [0.5, 0.6) is 11.5 Å². The first kappa shape index (κ1) is 20.7. The highest BCUT2D eigenvalue weighted by Gasteiger charge is 2.49. The molecule has 2 aromatic carbocycles. The molecule has 0 saturated carbocycles. The number of amidine groups is 1. The van der Waals surface area contributed by atoms with E-state index in [1.54, 1.807) is 26.4 Å². The van der Waals surface area contributed by atoms with Gasteiger partial charge >= 0.3 is 0 Å². The molecule has 2 saturated heterocycles. The largest absolute Gasteiger partial charge is 0.497 e. The van der Waals surface area contributed by atoms with Crippen molar-refractivity contribution in [1.82, 2.24) is 0 Å². The van der Waals surface area contributed by atoms with Crippen molar-refractivity contribution >= 4 is 38.4 Å². The molecule has 0 bridgehead atoms. The monoisotopic (exact) mass is 446 g/mol. The van der Waals surface area contributed by atoms with Crippen LogP contribution in [0.25, 0.3) is 0 Å². The van der Waals surface area contributed by atoms with Crippen molar-refractivity contribution in [2.75, 3.05) is 30.6 Å². The quantitative estimate of drug-likeness (QED) is 0.698. The lowest BCUT2D eigenvalue weighted by molar-refractivity contribution is -0.117. The average molecular weight is 447 g/mol. The average Bonchev–Trinajstić information content (AvgIpc) is 3.19. The van der Waals surface area contributed by atoms with Crippen LogP contribution in [0.2, 0.25) is 0 Å². The number of hydrogen-bond donors (Lipinski definition) is 0. The van der Waals surface area contributed by atoms with Gasteiger partial charge in [-0.25, -0.2) is 8.42 Å². The topological polar surface area (TPSA) is 85.3 Å². The molecule has 7 nitrogen and oxygen atoms in total. The van der Waals surface area contributed by atoms with Gasteiger partial charge in [0.1, 0.15) is 11.5 Å². The number of ether oxygens (including phenoxy) is 2. The fraction of sp³-hybridized carbons (Fsp3) is 0.333. The molecule has 1 amide bonds. The lowest BCUT2D eigenvalue weighted by Gasteiger charge is -2.24. The smallest absolute Gasteiger partial charge is 0.252 e. The lowest BCUT2D eigenvalue weighted by atomic mass is 10.1. The molecule has 158 valence electrons. The van der Waals surface area contributed by atoms with Crippen molar-refractivity contribution in [2.45, 2.75) is 17.7 Å². The molecule has 0 N–H and O–H groups in total. The molecule has 0 aliphatic carbocycles. The summed E-state index contributed by atoms with van der Waals surface area (Å²) < 4.78 is 34.7. The van der Waals surface area contributed by atoms with E-state index in [1.807, 2.05) is 41.3 Å². The van der Waals surface area contributed by atoms with E-state index >= 15 is 0 Å². The Morgan fingerprint density at radius 2 is 1.63 bits per heavy atom. The summed E-state index contributed by atoms with van der Waals surface area (Å²) in [6.07, 6.45) is 0.165. The number of hydrogen-bond acceptors (Lipinski definition) is 6. The molecule has 0 aromatic heterocycles. The number of sulfone groups is 1. The minimum atomic E-state index is -3.11. The van der Waals surface area contributed by atoms with E-state index in [0.29, 0.717) is 10.9 Å². The summed E-state index contributed by atoms with van der Waals surface area (Å²) in [7, 11) is 0.0745. The van der Waals surface area contributed by atoms with Crippen molar-refractivity contribution in [2.24, 2.45) is 4.99 Å². The molecule has 2 aliphatic rings.